The Morgan fingerprint density at radius 2 is 2.11 bits per heavy atom. The Bertz CT molecular complexity index is 800. The second-order valence-electron chi connectivity index (χ2n) is 6.78. The molecule has 2 fully saturated rings. The lowest BCUT2D eigenvalue weighted by atomic mass is 10.2. The van der Waals surface area contributed by atoms with Crippen LogP contribution in [0, 0.1) is 0 Å². The van der Waals surface area contributed by atoms with Crippen molar-refractivity contribution in [2.45, 2.75) is 30.7 Å². The monoisotopic (exact) mass is 392 g/mol. The Labute approximate surface area is 160 Å². The number of nitrogens with zero attached hydrogens (tertiary/aromatic N) is 1. The molecule has 2 atom stereocenters. The summed E-state index contributed by atoms with van der Waals surface area (Å²) in [6, 6.07) is 4.44. The highest BCUT2D eigenvalue weighted by Crippen LogP contribution is 2.47. The van der Waals surface area contributed by atoms with Crippen LogP contribution in [0.1, 0.15) is 19.8 Å². The summed E-state index contributed by atoms with van der Waals surface area (Å²) in [7, 11) is 0. The molecule has 0 aromatic heterocycles. The molecule has 3 aliphatic heterocycles. The minimum Gasteiger partial charge on any atom is -0.486 e. The van der Waals surface area contributed by atoms with Gasteiger partial charge in [-0.3, -0.25) is 9.59 Å². The van der Waals surface area contributed by atoms with Gasteiger partial charge in [-0.15, -0.1) is 11.8 Å². The number of thioether (sulfide) groups is 1. The molecule has 144 valence electrons. The summed E-state index contributed by atoms with van der Waals surface area (Å²) < 4.78 is 16.1. The van der Waals surface area contributed by atoms with Crippen molar-refractivity contribution < 1.29 is 28.6 Å². The summed E-state index contributed by atoms with van der Waals surface area (Å²) in [5.74, 6) is 0.643. The number of hydrogen-bond acceptors (Lipinski definition) is 7. The number of fused-ring (bicyclic) bond motifs is 2. The van der Waals surface area contributed by atoms with Gasteiger partial charge in [0.05, 0.1) is 4.87 Å². The van der Waals surface area contributed by atoms with E-state index >= 15 is 0 Å². The van der Waals surface area contributed by atoms with Crippen molar-refractivity contribution in [3.05, 3.63) is 18.2 Å². The van der Waals surface area contributed by atoms with Gasteiger partial charge < -0.3 is 24.4 Å². The molecule has 8 nitrogen and oxygen atoms in total. The minimum atomic E-state index is -0.628. The van der Waals surface area contributed by atoms with Crippen LogP contribution in [0.3, 0.4) is 0 Å². The van der Waals surface area contributed by atoms with Crippen molar-refractivity contribution in [1.29, 1.82) is 0 Å². The van der Waals surface area contributed by atoms with Crippen LogP contribution < -0.4 is 14.8 Å². The van der Waals surface area contributed by atoms with E-state index in [-0.39, 0.29) is 10.8 Å². The maximum atomic E-state index is 12.4. The van der Waals surface area contributed by atoms with Crippen LogP contribution in [0.2, 0.25) is 0 Å². The van der Waals surface area contributed by atoms with E-state index < -0.39 is 24.5 Å². The van der Waals surface area contributed by atoms with Crippen LogP contribution in [0.5, 0.6) is 11.5 Å². The SMILES string of the molecule is C[C@]12CCC(=O)N1[C@@H](C(=O)OCC(=O)Nc1ccc3c(c1)OCCO3)CS2. The minimum absolute atomic E-state index is 0.0369. The number of rotatable bonds is 4. The zero-order valence-electron chi connectivity index (χ0n) is 14.9. The lowest BCUT2D eigenvalue weighted by Crippen LogP contribution is -2.47. The normalized spacial score (nSPS) is 25.9. The van der Waals surface area contributed by atoms with Gasteiger partial charge in [-0.05, 0) is 25.5 Å². The number of carbonyl (C=O) groups excluding carboxylic acids is 3. The van der Waals surface area contributed by atoms with Crippen molar-refractivity contribution in [3.63, 3.8) is 0 Å². The average Bonchev–Trinajstić information content (AvgIpc) is 3.16. The van der Waals surface area contributed by atoms with Crippen molar-refractivity contribution in [2.24, 2.45) is 0 Å². The van der Waals surface area contributed by atoms with E-state index in [4.69, 9.17) is 14.2 Å². The predicted octanol–water partition coefficient (Wildman–Crippen LogP) is 1.39. The molecule has 1 aromatic rings. The third-order valence-corrected chi connectivity index (χ3v) is 6.39. The van der Waals surface area contributed by atoms with Crippen LogP contribution in [-0.4, -0.2) is 59.2 Å². The molecule has 1 N–H and O–H groups in total. The molecule has 0 radical (unpaired) electrons. The van der Waals surface area contributed by atoms with Crippen LogP contribution in [0.25, 0.3) is 0 Å². The van der Waals surface area contributed by atoms with Crippen molar-refractivity contribution in [3.8, 4) is 11.5 Å². The van der Waals surface area contributed by atoms with Gasteiger partial charge in [0, 0.05) is 23.9 Å². The van der Waals surface area contributed by atoms with Gasteiger partial charge in [0.1, 0.15) is 19.3 Å². The molecule has 0 spiro atoms. The van der Waals surface area contributed by atoms with Gasteiger partial charge >= 0.3 is 5.97 Å². The molecule has 0 unspecified atom stereocenters. The van der Waals surface area contributed by atoms with E-state index in [9.17, 15) is 14.4 Å². The first-order chi connectivity index (χ1) is 13.0. The van der Waals surface area contributed by atoms with E-state index in [1.54, 1.807) is 34.9 Å². The first-order valence-corrected chi connectivity index (χ1v) is 9.77. The van der Waals surface area contributed by atoms with Gasteiger partial charge in [-0.25, -0.2) is 4.79 Å². The molecule has 3 heterocycles. The fourth-order valence-corrected chi connectivity index (χ4v) is 4.96. The Balaban J connectivity index is 1.32. The van der Waals surface area contributed by atoms with Crippen molar-refractivity contribution in [2.75, 3.05) is 30.9 Å². The lowest BCUT2D eigenvalue weighted by Gasteiger charge is -2.29. The molecular weight excluding hydrogens is 372 g/mol. The number of hydrogen-bond donors (Lipinski definition) is 1. The Kier molecular flexibility index (Phi) is 4.63. The highest BCUT2D eigenvalue weighted by molar-refractivity contribution is 8.01. The summed E-state index contributed by atoms with van der Waals surface area (Å²) in [6.45, 7) is 2.50. The molecule has 9 heteroatoms. The smallest absolute Gasteiger partial charge is 0.330 e. The molecule has 0 saturated carbocycles. The molecular formula is C18H20N2O6S. The van der Waals surface area contributed by atoms with Gasteiger partial charge in [0.2, 0.25) is 5.91 Å². The van der Waals surface area contributed by atoms with Crippen LogP contribution >= 0.6 is 11.8 Å². The first-order valence-electron chi connectivity index (χ1n) is 8.78. The molecule has 2 amide bonds. The second kappa shape index (κ2) is 6.95. The Morgan fingerprint density at radius 3 is 2.93 bits per heavy atom. The second-order valence-corrected chi connectivity index (χ2v) is 8.28. The third-order valence-electron chi connectivity index (χ3n) is 4.89. The van der Waals surface area contributed by atoms with Crippen molar-refractivity contribution in [1.82, 2.24) is 4.90 Å². The van der Waals surface area contributed by atoms with Gasteiger partial charge in [0.25, 0.3) is 5.91 Å². The van der Waals surface area contributed by atoms with E-state index in [2.05, 4.69) is 5.32 Å². The maximum absolute atomic E-state index is 12.4. The third kappa shape index (κ3) is 3.43. The molecule has 0 bridgehead atoms. The molecule has 3 aliphatic rings. The summed E-state index contributed by atoms with van der Waals surface area (Å²) >= 11 is 1.58. The molecule has 1 aromatic carbocycles. The standard InChI is InChI=1S/C18H20N2O6S/c1-18-5-4-16(22)20(18)12(10-27-18)17(23)26-9-15(21)19-11-2-3-13-14(8-11)25-7-6-24-13/h2-3,8,12H,4-7,9-10H2,1H3,(H,19,21)/t12-,18+/m1/s1. The number of esters is 1. The number of ether oxygens (including phenoxy) is 3. The van der Waals surface area contributed by atoms with E-state index in [1.807, 2.05) is 6.92 Å². The van der Waals surface area contributed by atoms with Gasteiger partial charge in [-0.1, -0.05) is 0 Å². The Morgan fingerprint density at radius 1 is 1.33 bits per heavy atom. The topological polar surface area (TPSA) is 94.2 Å². The molecule has 4 rings (SSSR count). The van der Waals surface area contributed by atoms with Crippen LogP contribution in [-0.2, 0) is 19.1 Å². The lowest BCUT2D eigenvalue weighted by molar-refractivity contribution is -0.155. The highest BCUT2D eigenvalue weighted by Gasteiger charge is 2.53. The zero-order valence-corrected chi connectivity index (χ0v) is 15.7. The highest BCUT2D eigenvalue weighted by atomic mass is 32.2. The average molecular weight is 392 g/mol. The first kappa shape index (κ1) is 18.0. The molecule has 0 aliphatic carbocycles. The zero-order chi connectivity index (χ0) is 19.0. The quantitative estimate of drug-likeness (QED) is 0.774. The summed E-state index contributed by atoms with van der Waals surface area (Å²) in [5.41, 5.74) is 0.527. The molecule has 2 saturated heterocycles. The van der Waals surface area contributed by atoms with Crippen LogP contribution in [0.4, 0.5) is 5.69 Å². The van der Waals surface area contributed by atoms with Crippen molar-refractivity contribution >= 4 is 35.2 Å². The number of nitrogens with one attached hydrogen (secondary N) is 1. The fraction of sp³-hybridized carbons (Fsp3) is 0.500. The number of carbonyl (C=O) groups is 3. The van der Waals surface area contributed by atoms with Gasteiger partial charge in [0.15, 0.2) is 18.1 Å². The number of anilines is 1. The van der Waals surface area contributed by atoms with E-state index in [1.165, 1.54) is 0 Å². The Hall–Kier alpha value is -2.42. The largest absolute Gasteiger partial charge is 0.486 e. The van der Waals surface area contributed by atoms with Gasteiger partial charge in [-0.2, -0.15) is 0 Å². The predicted molar refractivity (Wildman–Crippen MR) is 97.8 cm³/mol. The maximum Gasteiger partial charge on any atom is 0.330 e. The van der Waals surface area contributed by atoms with E-state index in [0.717, 1.165) is 6.42 Å². The number of amides is 2. The summed E-state index contributed by atoms with van der Waals surface area (Å²) in [5, 5.41) is 2.66. The van der Waals surface area contributed by atoms with E-state index in [0.29, 0.717) is 42.6 Å². The number of benzene rings is 1. The summed E-state index contributed by atoms with van der Waals surface area (Å²) in [4.78, 5) is 37.8. The van der Waals surface area contributed by atoms with Crippen LogP contribution in [0.15, 0.2) is 18.2 Å². The fourth-order valence-electron chi connectivity index (χ4n) is 3.55. The molecule has 27 heavy (non-hydrogen) atoms. The summed E-state index contributed by atoms with van der Waals surface area (Å²) in [6.07, 6.45) is 1.17.